The summed E-state index contributed by atoms with van der Waals surface area (Å²) in [5, 5.41) is 24.2. The molecule has 0 saturated heterocycles. The first-order chi connectivity index (χ1) is 12.7. The fourth-order valence-corrected chi connectivity index (χ4v) is 2.62. The summed E-state index contributed by atoms with van der Waals surface area (Å²) in [6.45, 7) is 0.172. The average molecular weight is 369 g/mol. The zero-order valence-corrected chi connectivity index (χ0v) is 14.7. The van der Waals surface area contributed by atoms with Gasteiger partial charge < -0.3 is 4.74 Å². The molecule has 9 heteroatoms. The Morgan fingerprint density at radius 3 is 2.65 bits per heavy atom. The molecule has 0 spiro atoms. The summed E-state index contributed by atoms with van der Waals surface area (Å²) in [5.41, 5.74) is 0.380. The summed E-state index contributed by atoms with van der Waals surface area (Å²) in [6, 6.07) is 15.7. The summed E-state index contributed by atoms with van der Waals surface area (Å²) < 4.78 is 7.21. The Bertz CT molecular complexity index is 927. The minimum Gasteiger partial charge on any atom is -0.486 e. The molecular weight excluding hydrogens is 354 g/mol. The summed E-state index contributed by atoms with van der Waals surface area (Å²) in [6.07, 6.45) is 3.27. The number of nitro benzene ring substituents is 1. The van der Waals surface area contributed by atoms with Gasteiger partial charge >= 0.3 is 0 Å². The third-order valence-corrected chi connectivity index (χ3v) is 4.04. The largest absolute Gasteiger partial charge is 0.486 e. The van der Waals surface area contributed by atoms with Crippen LogP contribution in [-0.4, -0.2) is 32.3 Å². The van der Waals surface area contributed by atoms with Crippen LogP contribution < -0.4 is 4.74 Å². The number of nitrogens with zero attached hydrogens (tertiary/aromatic N) is 5. The summed E-state index contributed by atoms with van der Waals surface area (Å²) >= 11 is 1.37. The number of aromatic nitrogens is 3. The van der Waals surface area contributed by atoms with Gasteiger partial charge in [0.2, 0.25) is 5.16 Å². The highest BCUT2D eigenvalue weighted by atomic mass is 32.2. The van der Waals surface area contributed by atoms with Gasteiger partial charge in [-0.3, -0.25) is 10.1 Å². The first-order valence-electron chi connectivity index (χ1n) is 7.63. The third kappa shape index (κ3) is 4.06. The monoisotopic (exact) mass is 369 g/mol. The van der Waals surface area contributed by atoms with Crippen molar-refractivity contribution in [3.05, 3.63) is 76.1 Å². The first kappa shape index (κ1) is 17.6. The van der Waals surface area contributed by atoms with Crippen LogP contribution in [0.25, 0.3) is 0 Å². The lowest BCUT2D eigenvalue weighted by molar-refractivity contribution is -0.385. The van der Waals surface area contributed by atoms with E-state index in [1.165, 1.54) is 28.7 Å². The molecule has 0 bridgehead atoms. The number of rotatable bonds is 7. The number of hydrogen-bond donors (Lipinski definition) is 0. The normalized spacial score (nSPS) is 11.0. The molecule has 2 aromatic carbocycles. The van der Waals surface area contributed by atoms with Crippen molar-refractivity contribution < 1.29 is 9.66 Å². The van der Waals surface area contributed by atoms with Gasteiger partial charge in [-0.2, -0.15) is 9.78 Å². The maximum absolute atomic E-state index is 11.1. The van der Waals surface area contributed by atoms with E-state index in [4.69, 9.17) is 4.74 Å². The number of thioether (sulfide) groups is 1. The minimum absolute atomic E-state index is 0.0166. The van der Waals surface area contributed by atoms with Crippen LogP contribution in [0.3, 0.4) is 0 Å². The van der Waals surface area contributed by atoms with E-state index in [2.05, 4.69) is 15.3 Å². The fourth-order valence-electron chi connectivity index (χ4n) is 2.18. The van der Waals surface area contributed by atoms with Gasteiger partial charge in [-0.05, 0) is 24.5 Å². The topological polar surface area (TPSA) is 95.4 Å². The molecule has 0 fully saturated rings. The molecule has 0 radical (unpaired) electrons. The fraction of sp³-hybridized carbons (Fsp3) is 0.118. The summed E-state index contributed by atoms with van der Waals surface area (Å²) in [5.74, 6) is 1.20. The van der Waals surface area contributed by atoms with Crippen LogP contribution in [0.1, 0.15) is 11.4 Å². The van der Waals surface area contributed by atoms with Crippen molar-refractivity contribution in [3.8, 4) is 5.75 Å². The highest BCUT2D eigenvalue weighted by Crippen LogP contribution is 2.18. The number of nitro groups is 1. The second-order valence-corrected chi connectivity index (χ2v) is 5.85. The lowest BCUT2D eigenvalue weighted by Crippen LogP contribution is -2.05. The Kier molecular flexibility index (Phi) is 5.59. The predicted molar refractivity (Wildman–Crippen MR) is 98.7 cm³/mol. The van der Waals surface area contributed by atoms with E-state index < -0.39 is 4.92 Å². The summed E-state index contributed by atoms with van der Waals surface area (Å²) in [7, 11) is 0. The van der Waals surface area contributed by atoms with Crippen molar-refractivity contribution in [3.63, 3.8) is 0 Å². The molecule has 0 amide bonds. The average Bonchev–Trinajstić information content (AvgIpc) is 3.07. The van der Waals surface area contributed by atoms with Crippen LogP contribution in [0.2, 0.25) is 0 Å². The van der Waals surface area contributed by atoms with E-state index in [-0.39, 0.29) is 12.3 Å². The molecule has 0 aliphatic carbocycles. The molecule has 1 heterocycles. The number of benzene rings is 2. The molecule has 8 nitrogen and oxygen atoms in total. The van der Waals surface area contributed by atoms with Gasteiger partial charge in [0.05, 0.1) is 16.7 Å². The molecule has 3 rings (SSSR count). The van der Waals surface area contributed by atoms with Crippen LogP contribution in [0.5, 0.6) is 5.75 Å². The van der Waals surface area contributed by atoms with Crippen molar-refractivity contribution in [2.75, 3.05) is 6.26 Å². The molecule has 1 aromatic heterocycles. The van der Waals surface area contributed by atoms with E-state index in [1.807, 2.05) is 36.6 Å². The van der Waals surface area contributed by atoms with Crippen molar-refractivity contribution >= 4 is 23.7 Å². The van der Waals surface area contributed by atoms with Gasteiger partial charge in [0.25, 0.3) is 5.69 Å². The smallest absolute Gasteiger partial charge is 0.278 e. The van der Waals surface area contributed by atoms with Crippen LogP contribution in [0.15, 0.2) is 64.9 Å². The molecule has 26 heavy (non-hydrogen) atoms. The molecule has 132 valence electrons. The van der Waals surface area contributed by atoms with Gasteiger partial charge in [-0.15, -0.1) is 10.2 Å². The quantitative estimate of drug-likeness (QED) is 0.274. The van der Waals surface area contributed by atoms with Crippen LogP contribution in [0.4, 0.5) is 5.69 Å². The van der Waals surface area contributed by atoms with Gasteiger partial charge in [0.15, 0.2) is 5.82 Å². The van der Waals surface area contributed by atoms with E-state index in [1.54, 1.807) is 18.2 Å². The lowest BCUT2D eigenvalue weighted by Gasteiger charge is -2.06. The standard InChI is InChI=1S/C17H15N5O3S/c1-26-17-20-19-16(12-25-14-8-3-2-4-9-14)21(17)18-11-13-7-5-6-10-15(13)22(23)24/h2-11H,12H2,1H3/b18-11-. The van der Waals surface area contributed by atoms with Crippen LogP contribution in [0, 0.1) is 10.1 Å². The minimum atomic E-state index is -0.442. The third-order valence-electron chi connectivity index (χ3n) is 3.42. The number of hydrogen-bond acceptors (Lipinski definition) is 7. The SMILES string of the molecule is CSc1nnc(COc2ccccc2)n1/N=C\c1ccccc1[N+](=O)[O-]. The second-order valence-electron chi connectivity index (χ2n) is 5.08. The molecule has 0 N–H and O–H groups in total. The molecule has 0 saturated carbocycles. The molecule has 0 unspecified atom stereocenters. The maximum atomic E-state index is 11.1. The molecule has 0 aliphatic rings. The Hall–Kier alpha value is -3.20. The predicted octanol–water partition coefficient (Wildman–Crippen LogP) is 3.37. The van der Waals surface area contributed by atoms with Gasteiger partial charge in [-0.25, -0.2) is 0 Å². The van der Waals surface area contributed by atoms with Crippen LogP contribution >= 0.6 is 11.8 Å². The van der Waals surface area contributed by atoms with E-state index in [0.29, 0.717) is 22.3 Å². The molecule has 3 aromatic rings. The highest BCUT2D eigenvalue weighted by Gasteiger charge is 2.13. The highest BCUT2D eigenvalue weighted by molar-refractivity contribution is 7.98. The van der Waals surface area contributed by atoms with Crippen LogP contribution in [-0.2, 0) is 6.61 Å². The Balaban J connectivity index is 1.85. The summed E-state index contributed by atoms with van der Waals surface area (Å²) in [4.78, 5) is 10.7. The first-order valence-corrected chi connectivity index (χ1v) is 8.85. The van der Waals surface area contributed by atoms with Crippen molar-refractivity contribution in [1.82, 2.24) is 14.9 Å². The molecule has 0 aliphatic heterocycles. The van der Waals surface area contributed by atoms with Gasteiger partial charge in [-0.1, -0.05) is 42.1 Å². The zero-order chi connectivity index (χ0) is 18.4. The zero-order valence-electron chi connectivity index (χ0n) is 13.8. The van der Waals surface area contributed by atoms with E-state index in [0.717, 1.165) is 0 Å². The lowest BCUT2D eigenvalue weighted by atomic mass is 10.2. The van der Waals surface area contributed by atoms with Gasteiger partial charge in [0, 0.05) is 6.07 Å². The molecular formula is C17H15N5O3S. The van der Waals surface area contributed by atoms with E-state index in [9.17, 15) is 10.1 Å². The Labute approximate surface area is 153 Å². The van der Waals surface area contributed by atoms with Gasteiger partial charge in [0.1, 0.15) is 12.4 Å². The Morgan fingerprint density at radius 2 is 1.92 bits per heavy atom. The molecule has 0 atom stereocenters. The maximum Gasteiger partial charge on any atom is 0.278 e. The second kappa shape index (κ2) is 8.26. The number of para-hydroxylation sites is 2. The number of ether oxygens (including phenoxy) is 1. The van der Waals surface area contributed by atoms with E-state index >= 15 is 0 Å². The van der Waals surface area contributed by atoms with Crippen molar-refractivity contribution in [2.24, 2.45) is 5.10 Å². The van der Waals surface area contributed by atoms with Crippen molar-refractivity contribution in [1.29, 1.82) is 0 Å². The Morgan fingerprint density at radius 1 is 1.19 bits per heavy atom. The van der Waals surface area contributed by atoms with Crippen molar-refractivity contribution in [2.45, 2.75) is 11.8 Å².